The van der Waals surface area contributed by atoms with Crippen LogP contribution >= 0.6 is 0 Å². The monoisotopic (exact) mass is 311 g/mol. The van der Waals surface area contributed by atoms with Crippen molar-refractivity contribution in [1.29, 1.82) is 0 Å². The lowest BCUT2D eigenvalue weighted by Crippen LogP contribution is -2.41. The van der Waals surface area contributed by atoms with E-state index < -0.39 is 0 Å². The van der Waals surface area contributed by atoms with E-state index in [2.05, 4.69) is 32.7 Å². The molecule has 0 radical (unpaired) electrons. The van der Waals surface area contributed by atoms with E-state index in [9.17, 15) is 0 Å². The molecule has 0 spiro atoms. The third-order valence-corrected chi connectivity index (χ3v) is 4.52. The van der Waals surface area contributed by atoms with E-state index in [1.54, 1.807) is 6.20 Å². The average molecular weight is 311 g/mol. The molecule has 2 aromatic rings. The number of ether oxygens (including phenoxy) is 1. The summed E-state index contributed by atoms with van der Waals surface area (Å²) in [6.07, 6.45) is 1.76. The summed E-state index contributed by atoms with van der Waals surface area (Å²) in [5.41, 5.74) is 1.24. The molecular formula is C18H22BNO3. The Bertz CT molecular complexity index is 640. The van der Waals surface area contributed by atoms with E-state index in [4.69, 9.17) is 14.0 Å². The summed E-state index contributed by atoms with van der Waals surface area (Å²) in [6.45, 7) is 8.67. The second-order valence-corrected chi connectivity index (χ2v) is 6.77. The van der Waals surface area contributed by atoms with Gasteiger partial charge in [-0.2, -0.15) is 0 Å². The smallest absolute Gasteiger partial charge is 0.487 e. The molecule has 0 unspecified atom stereocenters. The van der Waals surface area contributed by atoms with Gasteiger partial charge in [-0.3, -0.25) is 4.98 Å². The highest BCUT2D eigenvalue weighted by Gasteiger charge is 2.51. The lowest BCUT2D eigenvalue weighted by atomic mass is 9.79. The predicted octanol–water partition coefficient (Wildman–Crippen LogP) is 2.96. The van der Waals surface area contributed by atoms with Gasteiger partial charge in [-0.15, -0.1) is 0 Å². The Labute approximate surface area is 137 Å². The topological polar surface area (TPSA) is 40.6 Å². The predicted molar refractivity (Wildman–Crippen MR) is 90.7 cm³/mol. The van der Waals surface area contributed by atoms with Crippen molar-refractivity contribution in [1.82, 2.24) is 4.98 Å². The summed E-state index contributed by atoms with van der Waals surface area (Å²) in [6, 6.07) is 13.6. The van der Waals surface area contributed by atoms with Crippen molar-refractivity contribution < 1.29 is 14.0 Å². The minimum absolute atomic E-state index is 0.328. The number of rotatable bonds is 4. The molecule has 0 N–H and O–H groups in total. The molecule has 120 valence electrons. The van der Waals surface area contributed by atoms with E-state index in [-0.39, 0.29) is 18.3 Å². The van der Waals surface area contributed by atoms with Crippen LogP contribution in [0.1, 0.15) is 33.4 Å². The van der Waals surface area contributed by atoms with Gasteiger partial charge < -0.3 is 14.0 Å². The van der Waals surface area contributed by atoms with E-state index in [1.165, 1.54) is 0 Å². The number of aromatic nitrogens is 1. The molecule has 3 rings (SSSR count). The number of benzene rings is 1. The Hall–Kier alpha value is -1.85. The van der Waals surface area contributed by atoms with Gasteiger partial charge >= 0.3 is 7.12 Å². The second kappa shape index (κ2) is 5.98. The highest BCUT2D eigenvalue weighted by Crippen LogP contribution is 2.36. The first kappa shape index (κ1) is 16.0. The van der Waals surface area contributed by atoms with Crippen LogP contribution in [0.15, 0.2) is 48.7 Å². The zero-order valence-corrected chi connectivity index (χ0v) is 14.1. The quantitative estimate of drug-likeness (QED) is 0.814. The van der Waals surface area contributed by atoms with Gasteiger partial charge in [0, 0.05) is 6.20 Å². The van der Waals surface area contributed by atoms with Crippen molar-refractivity contribution in [2.75, 3.05) is 0 Å². The lowest BCUT2D eigenvalue weighted by Gasteiger charge is -2.32. The largest absolute Gasteiger partial charge is 0.494 e. The van der Waals surface area contributed by atoms with Gasteiger partial charge in [0.2, 0.25) is 0 Å². The summed E-state index contributed by atoms with van der Waals surface area (Å²) < 4.78 is 17.8. The molecule has 0 amide bonds. The van der Waals surface area contributed by atoms with Crippen molar-refractivity contribution in [3.63, 3.8) is 0 Å². The van der Waals surface area contributed by atoms with Gasteiger partial charge in [-0.1, -0.05) is 18.2 Å². The SMILES string of the molecule is CC1(C)OB(c2ccc(OCc3ccccn3)cc2)OC1(C)C. The average Bonchev–Trinajstić information content (AvgIpc) is 2.75. The van der Waals surface area contributed by atoms with E-state index in [0.717, 1.165) is 16.9 Å². The van der Waals surface area contributed by atoms with E-state index in [1.807, 2.05) is 42.5 Å². The summed E-state index contributed by atoms with van der Waals surface area (Å²) >= 11 is 0. The minimum Gasteiger partial charge on any atom is -0.487 e. The maximum atomic E-state index is 6.05. The van der Waals surface area contributed by atoms with Crippen LogP contribution in [-0.2, 0) is 15.9 Å². The normalized spacial score (nSPS) is 18.9. The van der Waals surface area contributed by atoms with Crippen LogP contribution < -0.4 is 10.2 Å². The first-order chi connectivity index (χ1) is 10.9. The molecule has 2 heterocycles. The molecule has 1 aliphatic rings. The molecule has 0 atom stereocenters. The molecule has 1 aliphatic heterocycles. The van der Waals surface area contributed by atoms with Crippen LogP contribution in [0.4, 0.5) is 0 Å². The molecule has 1 saturated heterocycles. The first-order valence-corrected chi connectivity index (χ1v) is 7.86. The van der Waals surface area contributed by atoms with Crippen LogP contribution in [0.25, 0.3) is 0 Å². The molecule has 0 saturated carbocycles. The molecule has 0 aliphatic carbocycles. The molecule has 1 fully saturated rings. The van der Waals surface area contributed by atoms with Gasteiger partial charge in [0.05, 0.1) is 16.9 Å². The highest BCUT2D eigenvalue weighted by molar-refractivity contribution is 6.62. The maximum absolute atomic E-state index is 6.05. The van der Waals surface area contributed by atoms with Gasteiger partial charge in [0.25, 0.3) is 0 Å². The summed E-state index contributed by atoms with van der Waals surface area (Å²) in [5.74, 6) is 0.802. The molecular weight excluding hydrogens is 289 g/mol. The summed E-state index contributed by atoms with van der Waals surface area (Å²) in [4.78, 5) is 4.24. The van der Waals surface area contributed by atoms with Gasteiger partial charge in [0.1, 0.15) is 12.4 Å². The fourth-order valence-electron chi connectivity index (χ4n) is 2.34. The molecule has 0 bridgehead atoms. The molecule has 5 heteroatoms. The van der Waals surface area contributed by atoms with Crippen molar-refractivity contribution in [2.45, 2.75) is 45.5 Å². The van der Waals surface area contributed by atoms with E-state index >= 15 is 0 Å². The number of nitrogens with zero attached hydrogens (tertiary/aromatic N) is 1. The Balaban J connectivity index is 1.64. The number of pyridine rings is 1. The number of hydrogen-bond donors (Lipinski definition) is 0. The minimum atomic E-state index is -0.343. The van der Waals surface area contributed by atoms with Crippen LogP contribution in [0.2, 0.25) is 0 Å². The fraction of sp³-hybridized carbons (Fsp3) is 0.389. The van der Waals surface area contributed by atoms with Crippen LogP contribution in [0, 0.1) is 0 Å². The molecule has 1 aromatic carbocycles. The first-order valence-electron chi connectivity index (χ1n) is 7.86. The van der Waals surface area contributed by atoms with Crippen molar-refractivity contribution in [2.24, 2.45) is 0 Å². The third kappa shape index (κ3) is 3.41. The van der Waals surface area contributed by atoms with Gasteiger partial charge in [-0.05, 0) is 57.4 Å². The van der Waals surface area contributed by atoms with Crippen LogP contribution in [-0.4, -0.2) is 23.3 Å². The zero-order valence-electron chi connectivity index (χ0n) is 14.1. The van der Waals surface area contributed by atoms with Crippen molar-refractivity contribution in [3.05, 3.63) is 54.4 Å². The van der Waals surface area contributed by atoms with Crippen LogP contribution in [0.5, 0.6) is 5.75 Å². The molecule has 4 nitrogen and oxygen atoms in total. The Morgan fingerprint density at radius 2 is 1.61 bits per heavy atom. The summed E-state index contributed by atoms with van der Waals surface area (Å²) in [5, 5.41) is 0. The number of hydrogen-bond acceptors (Lipinski definition) is 4. The van der Waals surface area contributed by atoms with Crippen LogP contribution in [0.3, 0.4) is 0 Å². The van der Waals surface area contributed by atoms with Gasteiger partial charge in [0.15, 0.2) is 0 Å². The Morgan fingerprint density at radius 3 is 2.17 bits per heavy atom. The fourth-order valence-corrected chi connectivity index (χ4v) is 2.34. The summed E-state index contributed by atoms with van der Waals surface area (Å²) in [7, 11) is -0.343. The Kier molecular flexibility index (Phi) is 4.17. The van der Waals surface area contributed by atoms with Crippen molar-refractivity contribution in [3.8, 4) is 5.75 Å². The van der Waals surface area contributed by atoms with Crippen molar-refractivity contribution >= 4 is 12.6 Å². The molecule has 23 heavy (non-hydrogen) atoms. The van der Waals surface area contributed by atoms with Gasteiger partial charge in [-0.25, -0.2) is 0 Å². The van der Waals surface area contributed by atoms with E-state index in [0.29, 0.717) is 6.61 Å². The maximum Gasteiger partial charge on any atom is 0.494 e. The molecule has 1 aromatic heterocycles. The zero-order chi connectivity index (χ0) is 16.5. The highest BCUT2D eigenvalue weighted by atomic mass is 16.7. The standard InChI is InChI=1S/C18H22BNO3/c1-17(2)18(3,4)23-19(22-17)14-8-10-16(11-9-14)21-13-15-7-5-6-12-20-15/h5-12H,13H2,1-4H3. The second-order valence-electron chi connectivity index (χ2n) is 6.77. The lowest BCUT2D eigenvalue weighted by molar-refractivity contribution is 0.00578. The Morgan fingerprint density at radius 1 is 0.957 bits per heavy atom. The third-order valence-electron chi connectivity index (χ3n) is 4.52.